The molecule has 0 aliphatic rings. The lowest BCUT2D eigenvalue weighted by Gasteiger charge is -2.07. The maximum absolute atomic E-state index is 11.2. The van der Waals surface area contributed by atoms with Crippen LogP contribution in [0, 0.1) is 10.1 Å². The Hall–Kier alpha value is -1.57. The number of aliphatic carboxylic acids is 1. The largest absolute Gasteiger partial charge is 0.481 e. The van der Waals surface area contributed by atoms with Crippen LogP contribution in [0.2, 0.25) is 0 Å². The minimum atomic E-state index is -0.922. The van der Waals surface area contributed by atoms with Gasteiger partial charge in [0.1, 0.15) is 5.69 Å². The fourth-order valence-corrected chi connectivity index (χ4v) is 2.78. The van der Waals surface area contributed by atoms with E-state index < -0.39 is 10.9 Å². The Morgan fingerprint density at radius 3 is 2.53 bits per heavy atom. The van der Waals surface area contributed by atoms with Gasteiger partial charge in [0.15, 0.2) is 5.03 Å². The number of thioether (sulfide) groups is 1. The normalized spacial score (nSPS) is 12.7. The quantitative estimate of drug-likeness (QED) is 0.490. The molecule has 1 aromatic heterocycles. The molecule has 7 nitrogen and oxygen atoms in total. The molecule has 0 spiro atoms. The predicted molar refractivity (Wildman–Crippen MR) is 71.5 cm³/mol. The number of carbonyl (C=O) groups is 1. The summed E-state index contributed by atoms with van der Waals surface area (Å²) in [5.74, 6) is -0.982. The summed E-state index contributed by atoms with van der Waals surface area (Å²) < 4.78 is 1.45. The van der Waals surface area contributed by atoms with Crippen LogP contribution >= 0.6 is 11.8 Å². The Labute approximate surface area is 115 Å². The summed E-state index contributed by atoms with van der Waals surface area (Å²) in [4.78, 5) is 21.4. The van der Waals surface area contributed by atoms with Gasteiger partial charge in [0.2, 0.25) is 0 Å². The van der Waals surface area contributed by atoms with Gasteiger partial charge in [0.05, 0.1) is 11.3 Å². The van der Waals surface area contributed by atoms with E-state index in [1.54, 1.807) is 14.0 Å². The SMILES string of the molecule is CC(CC(=O)O)Sc1c([N+](=O)[O-])c(C(C)C)nn1C. The van der Waals surface area contributed by atoms with Gasteiger partial charge in [0, 0.05) is 18.2 Å². The van der Waals surface area contributed by atoms with Crippen LogP contribution in [0.4, 0.5) is 5.69 Å². The molecule has 0 saturated carbocycles. The van der Waals surface area contributed by atoms with Crippen molar-refractivity contribution in [2.45, 2.75) is 43.4 Å². The Morgan fingerprint density at radius 1 is 1.53 bits per heavy atom. The average Bonchev–Trinajstić information content (AvgIpc) is 2.55. The molecule has 0 aliphatic carbocycles. The standard InChI is InChI=1S/C11H17N3O4S/c1-6(2)9-10(14(17)18)11(13(4)12-9)19-7(3)5-8(15)16/h6-7H,5H2,1-4H3,(H,15,16). The monoisotopic (exact) mass is 287 g/mol. The first kappa shape index (κ1) is 15.5. The predicted octanol–water partition coefficient (Wildman–Crippen LogP) is 2.41. The fourth-order valence-electron chi connectivity index (χ4n) is 1.69. The van der Waals surface area contributed by atoms with Gasteiger partial charge in [-0.1, -0.05) is 32.5 Å². The Balaban J connectivity index is 3.12. The highest BCUT2D eigenvalue weighted by Gasteiger charge is 2.30. The first-order valence-electron chi connectivity index (χ1n) is 5.83. The first-order chi connectivity index (χ1) is 8.73. The lowest BCUT2D eigenvalue weighted by atomic mass is 10.1. The molecule has 1 N–H and O–H groups in total. The van der Waals surface area contributed by atoms with E-state index in [1.807, 2.05) is 13.8 Å². The lowest BCUT2D eigenvalue weighted by Crippen LogP contribution is -2.07. The molecule has 8 heteroatoms. The van der Waals surface area contributed by atoms with Crippen LogP contribution in [0.25, 0.3) is 0 Å². The zero-order chi connectivity index (χ0) is 14.7. The molecule has 0 amide bonds. The summed E-state index contributed by atoms with van der Waals surface area (Å²) in [6.07, 6.45) is -0.0516. The van der Waals surface area contributed by atoms with Crippen molar-refractivity contribution in [2.75, 3.05) is 0 Å². The van der Waals surface area contributed by atoms with E-state index >= 15 is 0 Å². The molecule has 1 aromatic rings. The first-order valence-corrected chi connectivity index (χ1v) is 6.71. The van der Waals surface area contributed by atoms with Gasteiger partial charge in [-0.15, -0.1) is 0 Å². The van der Waals surface area contributed by atoms with Crippen LogP contribution in [-0.4, -0.2) is 31.0 Å². The van der Waals surface area contributed by atoms with Gasteiger partial charge >= 0.3 is 11.7 Å². The Kier molecular flexibility index (Phi) is 4.93. The van der Waals surface area contributed by atoms with Crippen molar-refractivity contribution in [1.82, 2.24) is 9.78 Å². The molecule has 0 bridgehead atoms. The highest BCUT2D eigenvalue weighted by Crippen LogP contribution is 2.37. The Morgan fingerprint density at radius 2 is 2.11 bits per heavy atom. The van der Waals surface area contributed by atoms with E-state index in [0.29, 0.717) is 10.7 Å². The smallest absolute Gasteiger partial charge is 0.324 e. The third kappa shape index (κ3) is 3.69. The molecule has 0 aromatic carbocycles. The van der Waals surface area contributed by atoms with Gasteiger partial charge < -0.3 is 5.11 Å². The third-order valence-electron chi connectivity index (χ3n) is 2.50. The number of carboxylic acid groups (broad SMARTS) is 1. The van der Waals surface area contributed by atoms with Crippen molar-refractivity contribution in [3.05, 3.63) is 15.8 Å². The molecule has 0 radical (unpaired) electrons. The fraction of sp³-hybridized carbons (Fsp3) is 0.636. The molecule has 1 unspecified atom stereocenters. The van der Waals surface area contributed by atoms with Crippen molar-refractivity contribution in [2.24, 2.45) is 7.05 Å². The molecule has 1 heterocycles. The van der Waals surface area contributed by atoms with Crippen molar-refractivity contribution in [3.8, 4) is 0 Å². The van der Waals surface area contributed by atoms with Crippen LogP contribution in [-0.2, 0) is 11.8 Å². The third-order valence-corrected chi connectivity index (χ3v) is 3.75. The molecule has 1 rings (SSSR count). The van der Waals surface area contributed by atoms with Crippen LogP contribution in [0.1, 0.15) is 38.8 Å². The summed E-state index contributed by atoms with van der Waals surface area (Å²) in [6.45, 7) is 5.40. The number of hydrogen-bond acceptors (Lipinski definition) is 5. The lowest BCUT2D eigenvalue weighted by molar-refractivity contribution is -0.388. The van der Waals surface area contributed by atoms with E-state index in [0.717, 1.165) is 0 Å². The van der Waals surface area contributed by atoms with Gasteiger partial charge in [-0.2, -0.15) is 5.10 Å². The topological polar surface area (TPSA) is 98.3 Å². The Bertz CT molecular complexity index is 498. The van der Waals surface area contributed by atoms with Crippen molar-refractivity contribution < 1.29 is 14.8 Å². The maximum Gasteiger partial charge on any atom is 0.324 e. The highest BCUT2D eigenvalue weighted by atomic mass is 32.2. The second-order valence-corrected chi connectivity index (χ2v) is 6.03. The number of carboxylic acids is 1. The summed E-state index contributed by atoms with van der Waals surface area (Å²) in [5, 5.41) is 24.2. The molecule has 19 heavy (non-hydrogen) atoms. The van der Waals surface area contributed by atoms with E-state index in [4.69, 9.17) is 5.11 Å². The minimum Gasteiger partial charge on any atom is -0.481 e. The highest BCUT2D eigenvalue weighted by molar-refractivity contribution is 8.00. The minimum absolute atomic E-state index is 0.0141. The van der Waals surface area contributed by atoms with E-state index in [1.165, 1.54) is 16.4 Å². The number of aryl methyl sites for hydroxylation is 1. The molecular formula is C11H17N3O4S. The molecular weight excluding hydrogens is 270 g/mol. The average molecular weight is 287 g/mol. The van der Waals surface area contributed by atoms with Crippen molar-refractivity contribution in [3.63, 3.8) is 0 Å². The maximum atomic E-state index is 11.2. The summed E-state index contributed by atoms with van der Waals surface area (Å²) in [5.41, 5.74) is 0.414. The zero-order valence-electron chi connectivity index (χ0n) is 11.3. The summed E-state index contributed by atoms with van der Waals surface area (Å²) in [7, 11) is 1.63. The molecule has 106 valence electrons. The van der Waals surface area contributed by atoms with Gasteiger partial charge in [-0.25, -0.2) is 0 Å². The summed E-state index contributed by atoms with van der Waals surface area (Å²) >= 11 is 1.17. The van der Waals surface area contributed by atoms with Crippen LogP contribution in [0.15, 0.2) is 5.03 Å². The molecule has 0 aliphatic heterocycles. The number of rotatable bonds is 6. The molecule has 1 atom stereocenters. The van der Waals surface area contributed by atoms with E-state index in [2.05, 4.69) is 5.10 Å². The van der Waals surface area contributed by atoms with Gasteiger partial charge in [0.25, 0.3) is 0 Å². The van der Waals surface area contributed by atoms with Crippen LogP contribution in [0.5, 0.6) is 0 Å². The number of nitrogens with zero attached hydrogens (tertiary/aromatic N) is 3. The van der Waals surface area contributed by atoms with E-state index in [-0.39, 0.29) is 23.3 Å². The number of hydrogen-bond donors (Lipinski definition) is 1. The van der Waals surface area contributed by atoms with Crippen LogP contribution in [0.3, 0.4) is 0 Å². The number of nitro groups is 1. The molecule has 0 fully saturated rings. The van der Waals surface area contributed by atoms with Crippen LogP contribution < -0.4 is 0 Å². The second kappa shape index (κ2) is 6.05. The van der Waals surface area contributed by atoms with E-state index in [9.17, 15) is 14.9 Å². The zero-order valence-corrected chi connectivity index (χ0v) is 12.1. The van der Waals surface area contributed by atoms with Crippen molar-refractivity contribution in [1.29, 1.82) is 0 Å². The second-order valence-electron chi connectivity index (χ2n) is 4.60. The summed E-state index contributed by atoms with van der Waals surface area (Å²) in [6, 6.07) is 0. The number of aromatic nitrogens is 2. The van der Waals surface area contributed by atoms with Crippen molar-refractivity contribution >= 4 is 23.4 Å². The van der Waals surface area contributed by atoms with Gasteiger partial charge in [-0.05, 0) is 0 Å². The molecule has 0 saturated heterocycles. The van der Waals surface area contributed by atoms with Gasteiger partial charge in [-0.3, -0.25) is 19.6 Å².